The maximum Gasteiger partial charge on any atom is 0.0701 e. The molecule has 0 saturated carbocycles. The Bertz CT molecular complexity index is 707. The van der Waals surface area contributed by atoms with Crippen LogP contribution >= 0.6 is 0 Å². The second kappa shape index (κ2) is 4.75. The Kier molecular flexibility index (Phi) is 3.03. The van der Waals surface area contributed by atoms with E-state index in [0.717, 1.165) is 11.1 Å². The van der Waals surface area contributed by atoms with Gasteiger partial charge in [0.15, 0.2) is 0 Å². The van der Waals surface area contributed by atoms with Crippen LogP contribution in [0.5, 0.6) is 0 Å². The molecule has 0 fully saturated rings. The largest absolute Gasteiger partial charge is 0.0988 e. The molecule has 1 aliphatic carbocycles. The van der Waals surface area contributed by atoms with E-state index < -0.39 is 5.41 Å². The second-order valence-corrected chi connectivity index (χ2v) is 5.30. The molecular formula is C21H18. The van der Waals surface area contributed by atoms with E-state index in [4.69, 9.17) is 0 Å². The van der Waals surface area contributed by atoms with Gasteiger partial charge in [-0.3, -0.25) is 0 Å². The molecule has 102 valence electrons. The molecule has 0 amide bonds. The summed E-state index contributed by atoms with van der Waals surface area (Å²) in [4.78, 5) is 0. The van der Waals surface area contributed by atoms with Crippen molar-refractivity contribution >= 4 is 0 Å². The normalized spacial score (nSPS) is 13.9. The Labute approximate surface area is 126 Å². The fourth-order valence-corrected chi connectivity index (χ4v) is 3.44. The van der Waals surface area contributed by atoms with Crippen molar-refractivity contribution in [1.82, 2.24) is 0 Å². The summed E-state index contributed by atoms with van der Waals surface area (Å²) in [5.74, 6) is 0. The molecule has 0 aliphatic heterocycles. The van der Waals surface area contributed by atoms with Gasteiger partial charge in [0.25, 0.3) is 0 Å². The summed E-state index contributed by atoms with van der Waals surface area (Å²) in [6.45, 7) is 16.4. The zero-order valence-corrected chi connectivity index (χ0v) is 12.1. The van der Waals surface area contributed by atoms with Gasteiger partial charge >= 0.3 is 0 Å². The van der Waals surface area contributed by atoms with Gasteiger partial charge in [-0.2, -0.15) is 0 Å². The number of allylic oxidation sites excluding steroid dienone is 4. The van der Waals surface area contributed by atoms with Crippen LogP contribution in [0.3, 0.4) is 0 Å². The van der Waals surface area contributed by atoms with Crippen LogP contribution < -0.4 is 0 Å². The van der Waals surface area contributed by atoms with Gasteiger partial charge in [0.05, 0.1) is 5.41 Å². The van der Waals surface area contributed by atoms with E-state index in [1.54, 1.807) is 0 Å². The zero-order valence-electron chi connectivity index (χ0n) is 12.1. The quantitative estimate of drug-likeness (QED) is 0.649. The lowest BCUT2D eigenvalue weighted by atomic mass is 9.67. The lowest BCUT2D eigenvalue weighted by Gasteiger charge is -2.34. The van der Waals surface area contributed by atoms with Crippen LogP contribution in [-0.4, -0.2) is 0 Å². The Balaban J connectivity index is 2.49. The van der Waals surface area contributed by atoms with Crippen LogP contribution in [0.1, 0.15) is 11.1 Å². The van der Waals surface area contributed by atoms with E-state index in [2.05, 4.69) is 74.8 Å². The molecule has 2 aromatic carbocycles. The summed E-state index contributed by atoms with van der Waals surface area (Å²) < 4.78 is 0. The van der Waals surface area contributed by atoms with Gasteiger partial charge in [-0.25, -0.2) is 0 Å². The summed E-state index contributed by atoms with van der Waals surface area (Å²) in [6, 6.07) is 16.9. The third-order valence-electron chi connectivity index (χ3n) is 4.41. The summed E-state index contributed by atoms with van der Waals surface area (Å²) in [5, 5.41) is 0. The van der Waals surface area contributed by atoms with Gasteiger partial charge in [-0.15, -0.1) is 0 Å². The van der Waals surface area contributed by atoms with Crippen LogP contribution in [0.15, 0.2) is 98.1 Å². The van der Waals surface area contributed by atoms with Crippen molar-refractivity contribution in [3.63, 3.8) is 0 Å². The molecule has 2 aromatic rings. The summed E-state index contributed by atoms with van der Waals surface area (Å²) in [7, 11) is 0. The van der Waals surface area contributed by atoms with E-state index in [1.807, 2.05) is 12.2 Å². The average molecular weight is 270 g/mol. The van der Waals surface area contributed by atoms with Crippen LogP contribution in [-0.2, 0) is 5.41 Å². The van der Waals surface area contributed by atoms with E-state index in [-0.39, 0.29) is 0 Å². The van der Waals surface area contributed by atoms with Gasteiger partial charge in [0.2, 0.25) is 0 Å². The Hall–Kier alpha value is -2.60. The highest BCUT2D eigenvalue weighted by molar-refractivity contribution is 5.86. The molecule has 3 rings (SSSR count). The third-order valence-corrected chi connectivity index (χ3v) is 4.41. The van der Waals surface area contributed by atoms with E-state index in [1.165, 1.54) is 22.3 Å². The minimum absolute atomic E-state index is 0.448. The fourth-order valence-electron chi connectivity index (χ4n) is 3.44. The van der Waals surface area contributed by atoms with E-state index in [0.29, 0.717) is 0 Å². The molecule has 0 atom stereocenters. The first-order chi connectivity index (χ1) is 10.2. The van der Waals surface area contributed by atoms with E-state index in [9.17, 15) is 0 Å². The summed E-state index contributed by atoms with van der Waals surface area (Å²) in [5.41, 5.74) is 6.31. The Morgan fingerprint density at radius 2 is 1.10 bits per heavy atom. The first-order valence-corrected chi connectivity index (χ1v) is 7.01. The SMILES string of the molecule is C=CC(=C)C1(C(=C)C=C)c2ccccc2-c2ccccc21. The molecule has 0 saturated heterocycles. The Morgan fingerprint density at radius 3 is 1.48 bits per heavy atom. The number of fused-ring (bicyclic) bond motifs is 3. The molecule has 0 N–H and O–H groups in total. The summed E-state index contributed by atoms with van der Waals surface area (Å²) >= 11 is 0. The number of benzene rings is 2. The second-order valence-electron chi connectivity index (χ2n) is 5.30. The third kappa shape index (κ3) is 1.56. The van der Waals surface area contributed by atoms with Crippen molar-refractivity contribution in [3.8, 4) is 11.1 Å². The smallest absolute Gasteiger partial charge is 0.0701 e. The molecule has 0 aromatic heterocycles. The first kappa shape index (κ1) is 13.4. The van der Waals surface area contributed by atoms with Gasteiger partial charge < -0.3 is 0 Å². The highest BCUT2D eigenvalue weighted by Crippen LogP contribution is 2.55. The molecule has 0 bridgehead atoms. The standard InChI is InChI=1S/C21H18/c1-5-15(3)21(16(4)6-2)19-13-9-7-11-17(19)18-12-8-10-14-20(18)21/h5-14H,1-4H2. The zero-order chi connectivity index (χ0) is 15.0. The molecule has 0 radical (unpaired) electrons. The van der Waals surface area contributed by atoms with E-state index >= 15 is 0 Å². The number of rotatable bonds is 4. The van der Waals surface area contributed by atoms with Gasteiger partial charge in [0, 0.05) is 0 Å². The van der Waals surface area contributed by atoms with Crippen molar-refractivity contribution in [2.24, 2.45) is 0 Å². The highest BCUT2D eigenvalue weighted by atomic mass is 14.5. The monoisotopic (exact) mass is 270 g/mol. The minimum Gasteiger partial charge on any atom is -0.0988 e. The number of hydrogen-bond donors (Lipinski definition) is 0. The van der Waals surface area contributed by atoms with Crippen LogP contribution in [0.2, 0.25) is 0 Å². The Morgan fingerprint density at radius 1 is 0.714 bits per heavy atom. The molecule has 21 heavy (non-hydrogen) atoms. The lowest BCUT2D eigenvalue weighted by Crippen LogP contribution is -2.28. The van der Waals surface area contributed by atoms with Crippen molar-refractivity contribution in [2.45, 2.75) is 5.41 Å². The van der Waals surface area contributed by atoms with Gasteiger partial charge in [0.1, 0.15) is 0 Å². The summed E-state index contributed by atoms with van der Waals surface area (Å²) in [6.07, 6.45) is 3.65. The number of hydrogen-bond acceptors (Lipinski definition) is 0. The molecule has 1 aliphatic rings. The molecule has 0 heteroatoms. The topological polar surface area (TPSA) is 0 Å². The van der Waals surface area contributed by atoms with Crippen molar-refractivity contribution in [3.05, 3.63) is 109 Å². The van der Waals surface area contributed by atoms with Gasteiger partial charge in [-0.1, -0.05) is 87.0 Å². The van der Waals surface area contributed by atoms with Gasteiger partial charge in [-0.05, 0) is 33.4 Å². The van der Waals surface area contributed by atoms with Crippen molar-refractivity contribution in [2.75, 3.05) is 0 Å². The first-order valence-electron chi connectivity index (χ1n) is 7.01. The molecule has 0 unspecified atom stereocenters. The molecule has 0 spiro atoms. The fraction of sp³-hybridized carbons (Fsp3) is 0.0476. The average Bonchev–Trinajstić information content (AvgIpc) is 2.85. The van der Waals surface area contributed by atoms with Crippen LogP contribution in [0.4, 0.5) is 0 Å². The molecular weight excluding hydrogens is 252 g/mol. The van der Waals surface area contributed by atoms with Crippen LogP contribution in [0, 0.1) is 0 Å². The maximum absolute atomic E-state index is 4.27. The minimum atomic E-state index is -0.448. The molecule has 0 nitrogen and oxygen atoms in total. The van der Waals surface area contributed by atoms with Crippen LogP contribution in [0.25, 0.3) is 11.1 Å². The predicted molar refractivity (Wildman–Crippen MR) is 91.3 cm³/mol. The highest BCUT2D eigenvalue weighted by Gasteiger charge is 2.45. The predicted octanol–water partition coefficient (Wildman–Crippen LogP) is 5.44. The van der Waals surface area contributed by atoms with Crippen molar-refractivity contribution < 1.29 is 0 Å². The molecule has 0 heterocycles. The van der Waals surface area contributed by atoms with Crippen molar-refractivity contribution in [1.29, 1.82) is 0 Å². The lowest BCUT2D eigenvalue weighted by molar-refractivity contribution is 0.773. The maximum atomic E-state index is 4.27.